The van der Waals surface area contributed by atoms with Crippen LogP contribution in [-0.4, -0.2) is 29.2 Å². The van der Waals surface area contributed by atoms with Crippen molar-refractivity contribution in [2.45, 2.75) is 50.7 Å². The zero-order valence-electron chi connectivity index (χ0n) is 8.07. The molecule has 0 radical (unpaired) electrons. The predicted octanol–water partition coefficient (Wildman–Crippen LogP) is 2.36. The van der Waals surface area contributed by atoms with Gasteiger partial charge in [0, 0.05) is 18.5 Å². The van der Waals surface area contributed by atoms with Crippen LogP contribution in [-0.2, 0) is 0 Å². The Morgan fingerprint density at radius 1 is 1.50 bits per heavy atom. The second-order valence-electron chi connectivity index (χ2n) is 4.69. The van der Waals surface area contributed by atoms with E-state index in [4.69, 9.17) is 0 Å². The van der Waals surface area contributed by atoms with E-state index in [1.165, 1.54) is 12.8 Å². The maximum Gasteiger partial charge on any atom is 0.122 e. The average molecular weight is 171 g/mol. The van der Waals surface area contributed by atoms with Gasteiger partial charge in [-0.05, 0) is 32.7 Å². The molecule has 1 nitrogen and oxygen atoms in total. The van der Waals surface area contributed by atoms with Gasteiger partial charge in [0.05, 0.1) is 0 Å². The van der Waals surface area contributed by atoms with Gasteiger partial charge in [-0.3, -0.25) is 4.90 Å². The summed E-state index contributed by atoms with van der Waals surface area (Å²) in [5.41, 5.74) is -0.681. The summed E-state index contributed by atoms with van der Waals surface area (Å²) >= 11 is 0. The Hall–Kier alpha value is -0.110. The predicted molar refractivity (Wildman–Crippen MR) is 48.0 cm³/mol. The van der Waals surface area contributed by atoms with Crippen LogP contribution in [0.15, 0.2) is 0 Å². The molecule has 2 fully saturated rings. The van der Waals surface area contributed by atoms with E-state index in [0.29, 0.717) is 6.54 Å². The molecule has 0 aliphatic carbocycles. The van der Waals surface area contributed by atoms with Crippen LogP contribution < -0.4 is 0 Å². The fourth-order valence-electron chi connectivity index (χ4n) is 3.11. The van der Waals surface area contributed by atoms with Gasteiger partial charge < -0.3 is 0 Å². The van der Waals surface area contributed by atoms with Crippen molar-refractivity contribution in [1.29, 1.82) is 0 Å². The van der Waals surface area contributed by atoms with Gasteiger partial charge in [-0.1, -0.05) is 6.92 Å². The molecule has 2 unspecified atom stereocenters. The van der Waals surface area contributed by atoms with Crippen molar-refractivity contribution in [1.82, 2.24) is 4.90 Å². The summed E-state index contributed by atoms with van der Waals surface area (Å²) in [5, 5.41) is 0. The number of fused-ring (bicyclic) bond motifs is 1. The van der Waals surface area contributed by atoms with Crippen molar-refractivity contribution in [3.05, 3.63) is 0 Å². The lowest BCUT2D eigenvalue weighted by Gasteiger charge is -2.30. The summed E-state index contributed by atoms with van der Waals surface area (Å²) in [6.45, 7) is 5.73. The van der Waals surface area contributed by atoms with Crippen molar-refractivity contribution in [3.63, 3.8) is 0 Å². The van der Waals surface area contributed by atoms with Crippen molar-refractivity contribution in [3.8, 4) is 0 Å². The third-order valence-corrected chi connectivity index (χ3v) is 3.62. The van der Waals surface area contributed by atoms with E-state index in [-0.39, 0.29) is 5.54 Å². The monoisotopic (exact) mass is 171 g/mol. The summed E-state index contributed by atoms with van der Waals surface area (Å²) in [6, 6.07) is 0. The number of hydrogen-bond acceptors (Lipinski definition) is 1. The zero-order chi connectivity index (χ0) is 8.82. The molecule has 0 aromatic carbocycles. The van der Waals surface area contributed by atoms with E-state index in [1.807, 2.05) is 0 Å². The standard InChI is InChI=1S/C10H18FN/c1-3-10-5-4-6-12(10)8-9(2,11)7-10/h3-8H2,1-2H3. The fourth-order valence-corrected chi connectivity index (χ4v) is 3.11. The smallest absolute Gasteiger partial charge is 0.122 e. The van der Waals surface area contributed by atoms with Gasteiger partial charge in [-0.2, -0.15) is 0 Å². The highest BCUT2D eigenvalue weighted by atomic mass is 19.1. The molecule has 2 rings (SSSR count). The van der Waals surface area contributed by atoms with Gasteiger partial charge in [-0.25, -0.2) is 4.39 Å². The third kappa shape index (κ3) is 1.08. The molecular weight excluding hydrogens is 153 g/mol. The Bertz CT molecular complexity index is 190. The van der Waals surface area contributed by atoms with Crippen molar-refractivity contribution >= 4 is 0 Å². The Balaban J connectivity index is 2.20. The highest BCUT2D eigenvalue weighted by molar-refractivity contribution is 5.07. The minimum absolute atomic E-state index is 0.240. The normalized spacial score (nSPS) is 48.2. The van der Waals surface area contributed by atoms with Crippen LogP contribution >= 0.6 is 0 Å². The molecule has 2 aliphatic rings. The summed E-state index contributed by atoms with van der Waals surface area (Å²) in [6.07, 6.45) is 4.36. The summed E-state index contributed by atoms with van der Waals surface area (Å²) in [5.74, 6) is 0. The second-order valence-corrected chi connectivity index (χ2v) is 4.69. The molecule has 0 N–H and O–H groups in total. The first-order valence-electron chi connectivity index (χ1n) is 5.02. The Morgan fingerprint density at radius 2 is 2.25 bits per heavy atom. The molecule has 2 aliphatic heterocycles. The lowest BCUT2D eigenvalue weighted by atomic mass is 9.87. The van der Waals surface area contributed by atoms with Crippen molar-refractivity contribution < 1.29 is 4.39 Å². The van der Waals surface area contributed by atoms with Crippen LogP contribution in [0.1, 0.15) is 39.5 Å². The third-order valence-electron chi connectivity index (χ3n) is 3.62. The number of nitrogens with zero attached hydrogens (tertiary/aromatic N) is 1. The SMILES string of the molecule is CCC12CCCN1CC(C)(F)C2. The van der Waals surface area contributed by atoms with Gasteiger partial charge >= 0.3 is 0 Å². The first kappa shape index (κ1) is 8.49. The first-order valence-corrected chi connectivity index (χ1v) is 5.02. The topological polar surface area (TPSA) is 3.24 Å². The van der Waals surface area contributed by atoms with E-state index in [2.05, 4.69) is 11.8 Å². The Kier molecular flexibility index (Phi) is 1.73. The molecule has 0 bridgehead atoms. The highest BCUT2D eigenvalue weighted by Gasteiger charge is 2.52. The van der Waals surface area contributed by atoms with Gasteiger partial charge in [0.25, 0.3) is 0 Å². The van der Waals surface area contributed by atoms with Crippen LogP contribution in [0.4, 0.5) is 4.39 Å². The minimum atomic E-state index is -0.920. The van der Waals surface area contributed by atoms with E-state index in [9.17, 15) is 4.39 Å². The Morgan fingerprint density at radius 3 is 2.83 bits per heavy atom. The molecule has 0 aromatic rings. The molecule has 70 valence electrons. The maximum atomic E-state index is 13.7. The molecule has 12 heavy (non-hydrogen) atoms. The lowest BCUT2D eigenvalue weighted by Crippen LogP contribution is -2.37. The molecule has 0 aromatic heterocycles. The van der Waals surface area contributed by atoms with Crippen LogP contribution in [0.5, 0.6) is 0 Å². The van der Waals surface area contributed by atoms with Crippen LogP contribution in [0.3, 0.4) is 0 Å². The fraction of sp³-hybridized carbons (Fsp3) is 1.00. The minimum Gasteiger partial charge on any atom is -0.294 e. The molecular formula is C10H18FN. The van der Waals surface area contributed by atoms with E-state index in [0.717, 1.165) is 19.4 Å². The molecule has 2 heterocycles. The molecule has 2 heteroatoms. The van der Waals surface area contributed by atoms with Crippen molar-refractivity contribution in [2.75, 3.05) is 13.1 Å². The summed E-state index contributed by atoms with van der Waals surface area (Å²) < 4.78 is 13.7. The largest absolute Gasteiger partial charge is 0.294 e. The van der Waals surface area contributed by atoms with Gasteiger partial charge in [0.1, 0.15) is 5.67 Å². The number of rotatable bonds is 1. The summed E-state index contributed by atoms with van der Waals surface area (Å²) in [7, 11) is 0. The van der Waals surface area contributed by atoms with Crippen molar-refractivity contribution in [2.24, 2.45) is 0 Å². The number of halogens is 1. The van der Waals surface area contributed by atoms with Gasteiger partial charge in [0.15, 0.2) is 0 Å². The molecule has 0 spiro atoms. The Labute approximate surface area is 73.9 Å². The zero-order valence-corrected chi connectivity index (χ0v) is 8.07. The quantitative estimate of drug-likeness (QED) is 0.585. The maximum absolute atomic E-state index is 13.7. The highest BCUT2D eigenvalue weighted by Crippen LogP contribution is 2.46. The number of hydrogen-bond donors (Lipinski definition) is 0. The van der Waals surface area contributed by atoms with E-state index < -0.39 is 5.67 Å². The average Bonchev–Trinajstić information content (AvgIpc) is 2.40. The lowest BCUT2D eigenvalue weighted by molar-refractivity contribution is 0.185. The van der Waals surface area contributed by atoms with E-state index >= 15 is 0 Å². The van der Waals surface area contributed by atoms with Crippen LogP contribution in [0.25, 0.3) is 0 Å². The van der Waals surface area contributed by atoms with Gasteiger partial charge in [0.2, 0.25) is 0 Å². The van der Waals surface area contributed by atoms with Crippen LogP contribution in [0, 0.1) is 0 Å². The molecule has 2 saturated heterocycles. The molecule has 0 amide bonds. The molecule has 2 atom stereocenters. The van der Waals surface area contributed by atoms with E-state index in [1.54, 1.807) is 6.92 Å². The summed E-state index contributed by atoms with van der Waals surface area (Å²) in [4.78, 5) is 2.37. The van der Waals surface area contributed by atoms with Crippen LogP contribution in [0.2, 0.25) is 0 Å². The van der Waals surface area contributed by atoms with Gasteiger partial charge in [-0.15, -0.1) is 0 Å². The second kappa shape index (κ2) is 2.44. The molecule has 0 saturated carbocycles. The first-order chi connectivity index (χ1) is 5.58. The number of alkyl halides is 1.